The van der Waals surface area contributed by atoms with Crippen LogP contribution in [0.5, 0.6) is 0 Å². The first-order valence-corrected chi connectivity index (χ1v) is 7.12. The molecule has 0 bridgehead atoms. The van der Waals surface area contributed by atoms with Crippen LogP contribution in [0.1, 0.15) is 33.6 Å². The molecule has 17 heavy (non-hydrogen) atoms. The summed E-state index contributed by atoms with van der Waals surface area (Å²) in [6.45, 7) is 6.14. The number of rotatable bonds is 4. The number of esters is 1. The van der Waals surface area contributed by atoms with Crippen LogP contribution in [0.2, 0.25) is 0 Å². The van der Waals surface area contributed by atoms with Gasteiger partial charge in [-0.15, -0.1) is 0 Å². The molecule has 0 aromatic carbocycles. The van der Waals surface area contributed by atoms with Crippen molar-refractivity contribution in [1.82, 2.24) is 5.32 Å². The molecule has 2 unspecified atom stereocenters. The van der Waals surface area contributed by atoms with Gasteiger partial charge in [-0.2, -0.15) is 0 Å². The Kier molecular flexibility index (Phi) is 5.82. The summed E-state index contributed by atoms with van der Waals surface area (Å²) < 4.78 is 4.80. The van der Waals surface area contributed by atoms with Crippen LogP contribution in [0.4, 0.5) is 0 Å². The largest absolute Gasteiger partial charge is 0.467 e. The summed E-state index contributed by atoms with van der Waals surface area (Å²) in [6.07, 6.45) is 2.17. The predicted octanol–water partition coefficient (Wildman–Crippen LogP) is 2.05. The van der Waals surface area contributed by atoms with E-state index in [9.17, 15) is 4.79 Å². The highest BCUT2D eigenvalue weighted by Crippen LogP contribution is 2.19. The monoisotopic (exact) mass is 258 g/mol. The van der Waals surface area contributed by atoms with Crippen molar-refractivity contribution >= 4 is 22.9 Å². The molecule has 0 aliphatic carbocycles. The molecule has 0 aromatic rings. The number of amidine groups is 1. The van der Waals surface area contributed by atoms with E-state index in [0.29, 0.717) is 6.04 Å². The Morgan fingerprint density at radius 1 is 1.65 bits per heavy atom. The third kappa shape index (κ3) is 4.22. The van der Waals surface area contributed by atoms with E-state index in [0.717, 1.165) is 23.8 Å². The average Bonchev–Trinajstić information content (AvgIpc) is 2.35. The van der Waals surface area contributed by atoms with Crippen LogP contribution in [-0.4, -0.2) is 36.1 Å². The van der Waals surface area contributed by atoms with Gasteiger partial charge in [0.2, 0.25) is 0 Å². The van der Waals surface area contributed by atoms with Crippen LogP contribution in [0.15, 0.2) is 4.99 Å². The van der Waals surface area contributed by atoms with Crippen LogP contribution in [0, 0.1) is 5.92 Å². The van der Waals surface area contributed by atoms with Crippen molar-refractivity contribution in [1.29, 1.82) is 0 Å². The van der Waals surface area contributed by atoms with E-state index >= 15 is 0 Å². The standard InChI is InChI=1S/C12H22N2O2S/c1-5-9-6-7-17-12(13-9)14-10(8(2)3)11(15)16-4/h8-10H,5-7H2,1-4H3,(H,13,14). The van der Waals surface area contributed by atoms with Gasteiger partial charge >= 0.3 is 5.97 Å². The summed E-state index contributed by atoms with van der Waals surface area (Å²) in [7, 11) is 1.42. The minimum atomic E-state index is -0.304. The molecule has 0 aromatic heterocycles. The Morgan fingerprint density at radius 2 is 2.35 bits per heavy atom. The first-order chi connectivity index (χ1) is 8.08. The second kappa shape index (κ2) is 6.89. The molecule has 4 nitrogen and oxygen atoms in total. The minimum absolute atomic E-state index is 0.188. The zero-order valence-corrected chi connectivity index (χ0v) is 11.8. The summed E-state index contributed by atoms with van der Waals surface area (Å²) >= 11 is 1.69. The fraction of sp³-hybridized carbons (Fsp3) is 0.833. The summed E-state index contributed by atoms with van der Waals surface area (Å²) in [6, 6.07) is 0.0889. The molecule has 5 heteroatoms. The van der Waals surface area contributed by atoms with Crippen LogP contribution in [0.3, 0.4) is 0 Å². The molecule has 0 fully saturated rings. The number of methoxy groups -OCH3 is 1. The SMILES string of the molecule is CCC1CCSC(NC(C(=O)OC)C(C)C)=N1. The van der Waals surface area contributed by atoms with Gasteiger partial charge in [0, 0.05) is 5.75 Å². The summed E-state index contributed by atoms with van der Waals surface area (Å²) in [5, 5.41) is 4.09. The number of carbonyl (C=O) groups is 1. The van der Waals surface area contributed by atoms with Crippen LogP contribution < -0.4 is 5.32 Å². The van der Waals surface area contributed by atoms with Crippen LogP contribution in [0.25, 0.3) is 0 Å². The molecule has 1 N–H and O–H groups in total. The van der Waals surface area contributed by atoms with Crippen LogP contribution in [-0.2, 0) is 9.53 Å². The summed E-state index contributed by atoms with van der Waals surface area (Å²) in [4.78, 5) is 16.2. The molecule has 0 amide bonds. The zero-order chi connectivity index (χ0) is 12.8. The summed E-state index contributed by atoms with van der Waals surface area (Å²) in [5.41, 5.74) is 0. The molecular weight excluding hydrogens is 236 g/mol. The van der Waals surface area contributed by atoms with E-state index in [1.165, 1.54) is 7.11 Å². The lowest BCUT2D eigenvalue weighted by atomic mass is 10.1. The number of hydrogen-bond acceptors (Lipinski definition) is 5. The highest BCUT2D eigenvalue weighted by Gasteiger charge is 2.25. The lowest BCUT2D eigenvalue weighted by Crippen LogP contribution is -2.45. The number of aliphatic imine (C=N–C) groups is 1. The van der Waals surface area contributed by atoms with E-state index in [-0.39, 0.29) is 17.9 Å². The highest BCUT2D eigenvalue weighted by atomic mass is 32.2. The highest BCUT2D eigenvalue weighted by molar-refractivity contribution is 8.13. The Bertz CT molecular complexity index is 292. The first-order valence-electron chi connectivity index (χ1n) is 6.13. The molecule has 98 valence electrons. The molecule has 1 rings (SSSR count). The predicted molar refractivity (Wildman–Crippen MR) is 72.4 cm³/mol. The van der Waals surface area contributed by atoms with E-state index < -0.39 is 0 Å². The van der Waals surface area contributed by atoms with Crippen molar-refractivity contribution < 1.29 is 9.53 Å². The van der Waals surface area contributed by atoms with Gasteiger partial charge in [0.05, 0.1) is 13.2 Å². The maximum atomic E-state index is 11.6. The second-order valence-electron chi connectivity index (χ2n) is 4.52. The van der Waals surface area contributed by atoms with Gasteiger partial charge in [-0.05, 0) is 18.8 Å². The van der Waals surface area contributed by atoms with Gasteiger partial charge in [-0.1, -0.05) is 32.5 Å². The number of nitrogens with one attached hydrogen (secondary N) is 1. The van der Waals surface area contributed by atoms with Gasteiger partial charge in [0.1, 0.15) is 6.04 Å². The first kappa shape index (κ1) is 14.4. The Labute approximate surface area is 108 Å². The van der Waals surface area contributed by atoms with E-state index in [4.69, 9.17) is 4.74 Å². The molecule has 0 radical (unpaired) electrons. The summed E-state index contributed by atoms with van der Waals surface area (Å²) in [5.74, 6) is 1.03. The van der Waals surface area contributed by atoms with Gasteiger partial charge in [0.15, 0.2) is 5.17 Å². The number of ether oxygens (including phenoxy) is 1. The Hall–Kier alpha value is -0.710. The smallest absolute Gasteiger partial charge is 0.328 e. The average molecular weight is 258 g/mol. The third-order valence-electron chi connectivity index (χ3n) is 2.86. The van der Waals surface area contributed by atoms with Gasteiger partial charge in [0.25, 0.3) is 0 Å². The maximum absolute atomic E-state index is 11.6. The molecule has 1 aliphatic rings. The van der Waals surface area contributed by atoms with Gasteiger partial charge < -0.3 is 10.1 Å². The molecule has 0 saturated heterocycles. The fourth-order valence-corrected chi connectivity index (χ4v) is 2.71. The number of hydrogen-bond donors (Lipinski definition) is 1. The lowest BCUT2D eigenvalue weighted by molar-refractivity contribution is -0.143. The molecular formula is C12H22N2O2S. The third-order valence-corrected chi connectivity index (χ3v) is 3.80. The van der Waals surface area contributed by atoms with Gasteiger partial charge in [-0.25, -0.2) is 4.79 Å². The van der Waals surface area contributed by atoms with E-state index in [1.54, 1.807) is 11.8 Å². The van der Waals surface area contributed by atoms with Crippen molar-refractivity contribution in [3.05, 3.63) is 0 Å². The molecule has 2 atom stereocenters. The topological polar surface area (TPSA) is 50.7 Å². The van der Waals surface area contributed by atoms with E-state index in [2.05, 4.69) is 17.2 Å². The van der Waals surface area contributed by atoms with E-state index in [1.807, 2.05) is 13.8 Å². The van der Waals surface area contributed by atoms with Crippen molar-refractivity contribution in [2.75, 3.05) is 12.9 Å². The second-order valence-corrected chi connectivity index (χ2v) is 5.61. The zero-order valence-electron chi connectivity index (χ0n) is 11.0. The molecule has 1 heterocycles. The van der Waals surface area contributed by atoms with Crippen molar-refractivity contribution in [2.45, 2.75) is 45.7 Å². The minimum Gasteiger partial charge on any atom is -0.467 e. The number of nitrogens with zero attached hydrogens (tertiary/aromatic N) is 1. The van der Waals surface area contributed by atoms with Crippen molar-refractivity contribution in [3.8, 4) is 0 Å². The number of carbonyl (C=O) groups excluding carboxylic acids is 1. The normalized spacial score (nSPS) is 21.9. The Morgan fingerprint density at radius 3 is 2.88 bits per heavy atom. The number of thioether (sulfide) groups is 1. The maximum Gasteiger partial charge on any atom is 0.328 e. The molecule has 0 spiro atoms. The van der Waals surface area contributed by atoms with Crippen molar-refractivity contribution in [2.24, 2.45) is 10.9 Å². The van der Waals surface area contributed by atoms with Crippen LogP contribution >= 0.6 is 11.8 Å². The van der Waals surface area contributed by atoms with Crippen molar-refractivity contribution in [3.63, 3.8) is 0 Å². The van der Waals surface area contributed by atoms with Gasteiger partial charge in [-0.3, -0.25) is 4.99 Å². The lowest BCUT2D eigenvalue weighted by Gasteiger charge is -2.25. The molecule has 0 saturated carbocycles. The Balaban J connectivity index is 2.66. The molecule has 1 aliphatic heterocycles. The fourth-order valence-electron chi connectivity index (χ4n) is 1.69. The quantitative estimate of drug-likeness (QED) is 0.784.